The van der Waals surface area contributed by atoms with Gasteiger partial charge < -0.3 is 5.11 Å². The first kappa shape index (κ1) is 17.6. The molecule has 0 aliphatic carbocycles. The van der Waals surface area contributed by atoms with Crippen LogP contribution in [0, 0.1) is 10.1 Å². The van der Waals surface area contributed by atoms with E-state index >= 15 is 0 Å². The van der Waals surface area contributed by atoms with Crippen molar-refractivity contribution in [3.63, 3.8) is 0 Å². The van der Waals surface area contributed by atoms with Gasteiger partial charge in [0, 0.05) is 12.6 Å². The van der Waals surface area contributed by atoms with Crippen molar-refractivity contribution < 1.29 is 23.2 Å². The summed E-state index contributed by atoms with van der Waals surface area (Å²) in [7, 11) is -3.83. The van der Waals surface area contributed by atoms with Gasteiger partial charge in [-0.15, -0.1) is 0 Å². The van der Waals surface area contributed by atoms with Crippen molar-refractivity contribution in [3.05, 3.63) is 58.6 Å². The number of hydrogen-bond acceptors (Lipinski definition) is 5. The van der Waals surface area contributed by atoms with Gasteiger partial charge in [-0.05, 0) is 23.8 Å². The van der Waals surface area contributed by atoms with E-state index in [0.717, 1.165) is 0 Å². The zero-order chi connectivity index (χ0) is 17.7. The van der Waals surface area contributed by atoms with Crippen LogP contribution in [0.5, 0.6) is 0 Å². The molecule has 0 unspecified atom stereocenters. The fraction of sp³-hybridized carbons (Fsp3) is 0.133. The van der Waals surface area contributed by atoms with Gasteiger partial charge in [-0.1, -0.05) is 24.3 Å². The number of rotatable bonds is 7. The van der Waals surface area contributed by atoms with Crippen LogP contribution in [0.1, 0.15) is 6.42 Å². The topological polar surface area (TPSA) is 127 Å². The lowest BCUT2D eigenvalue weighted by molar-refractivity contribution is -0.384. The van der Waals surface area contributed by atoms with Gasteiger partial charge in [-0.3, -0.25) is 14.9 Å². The van der Waals surface area contributed by atoms with Gasteiger partial charge in [-0.2, -0.15) is 0 Å². The molecule has 0 atom stereocenters. The zero-order valence-corrected chi connectivity index (χ0v) is 13.2. The lowest BCUT2D eigenvalue weighted by Crippen LogP contribution is -2.26. The molecule has 2 aromatic rings. The van der Waals surface area contributed by atoms with E-state index in [4.69, 9.17) is 5.11 Å². The van der Waals surface area contributed by atoms with Crippen LogP contribution in [0.15, 0.2) is 53.4 Å². The van der Waals surface area contributed by atoms with Crippen LogP contribution < -0.4 is 4.72 Å². The van der Waals surface area contributed by atoms with Crippen molar-refractivity contribution >= 4 is 21.7 Å². The van der Waals surface area contributed by atoms with Crippen LogP contribution >= 0.6 is 0 Å². The summed E-state index contributed by atoms with van der Waals surface area (Å²) in [6, 6.07) is 11.7. The molecular weight excluding hydrogens is 336 g/mol. The summed E-state index contributed by atoms with van der Waals surface area (Å²) < 4.78 is 26.2. The quantitative estimate of drug-likeness (QED) is 0.581. The van der Waals surface area contributed by atoms with Crippen LogP contribution in [0.25, 0.3) is 11.1 Å². The molecule has 0 aromatic heterocycles. The van der Waals surface area contributed by atoms with Crippen LogP contribution in [0.2, 0.25) is 0 Å². The molecule has 0 spiro atoms. The van der Waals surface area contributed by atoms with Gasteiger partial charge in [0.1, 0.15) is 0 Å². The highest BCUT2D eigenvalue weighted by molar-refractivity contribution is 7.89. The Labute approximate surface area is 138 Å². The van der Waals surface area contributed by atoms with Gasteiger partial charge in [0.15, 0.2) is 0 Å². The number of para-hydroxylation sites is 1. The summed E-state index contributed by atoms with van der Waals surface area (Å²) in [6.45, 7) is -0.219. The molecule has 0 amide bonds. The predicted octanol–water partition coefficient (Wildman–Crippen LogP) is 2.01. The molecule has 0 aliphatic heterocycles. The molecule has 0 saturated heterocycles. The summed E-state index contributed by atoms with van der Waals surface area (Å²) >= 11 is 0. The Hall–Kier alpha value is -2.78. The van der Waals surface area contributed by atoms with Gasteiger partial charge in [0.05, 0.1) is 21.8 Å². The summed E-state index contributed by atoms with van der Waals surface area (Å²) in [5.74, 6) is -1.11. The van der Waals surface area contributed by atoms with Gasteiger partial charge >= 0.3 is 5.97 Å². The molecule has 9 heteroatoms. The molecule has 0 heterocycles. The van der Waals surface area contributed by atoms with Crippen molar-refractivity contribution in [1.29, 1.82) is 0 Å². The molecule has 0 fully saturated rings. The summed E-state index contributed by atoms with van der Waals surface area (Å²) in [5.41, 5.74) is 0.810. The van der Waals surface area contributed by atoms with Crippen LogP contribution in [-0.4, -0.2) is 31.0 Å². The molecular formula is C15H14N2O6S. The van der Waals surface area contributed by atoms with Gasteiger partial charge in [0.2, 0.25) is 10.0 Å². The second-order valence-corrected chi connectivity index (χ2v) is 6.61. The lowest BCUT2D eigenvalue weighted by atomic mass is 10.0. The fourth-order valence-electron chi connectivity index (χ4n) is 2.07. The van der Waals surface area contributed by atoms with E-state index < -0.39 is 20.9 Å². The molecule has 8 nitrogen and oxygen atoms in total. The Bertz CT molecular complexity index is 862. The smallest absolute Gasteiger partial charge is 0.304 e. The monoisotopic (exact) mass is 350 g/mol. The number of carboxylic acids is 1. The van der Waals surface area contributed by atoms with E-state index in [1.807, 2.05) is 0 Å². The number of carboxylic acid groups (broad SMARTS) is 1. The maximum atomic E-state index is 12.0. The number of carbonyl (C=O) groups is 1. The standard InChI is InChI=1S/C15H14N2O6S/c18-15(19)9-10-16-24(22,23)12-7-5-11(6-8-12)13-3-1-2-4-14(13)17(20)21/h1-8,16H,9-10H2,(H,18,19). The molecule has 126 valence electrons. The van der Waals surface area contributed by atoms with E-state index in [2.05, 4.69) is 4.72 Å². The average Bonchev–Trinajstić information content (AvgIpc) is 2.54. The van der Waals surface area contributed by atoms with Crippen molar-refractivity contribution in [3.8, 4) is 11.1 Å². The highest BCUT2D eigenvalue weighted by atomic mass is 32.2. The van der Waals surface area contributed by atoms with E-state index in [0.29, 0.717) is 11.1 Å². The van der Waals surface area contributed by atoms with E-state index in [-0.39, 0.29) is 23.5 Å². The van der Waals surface area contributed by atoms with Gasteiger partial charge in [-0.25, -0.2) is 13.1 Å². The summed E-state index contributed by atoms with van der Waals surface area (Å²) in [6.07, 6.45) is -0.326. The summed E-state index contributed by atoms with van der Waals surface area (Å²) in [4.78, 5) is 20.9. The number of hydrogen-bond donors (Lipinski definition) is 2. The molecule has 0 saturated carbocycles. The van der Waals surface area contributed by atoms with E-state index in [1.165, 1.54) is 30.3 Å². The second kappa shape index (κ2) is 7.20. The Kier molecular flexibility index (Phi) is 5.27. The van der Waals surface area contributed by atoms with Crippen LogP contribution in [-0.2, 0) is 14.8 Å². The number of benzene rings is 2. The molecule has 2 rings (SSSR count). The van der Waals surface area contributed by atoms with E-state index in [9.17, 15) is 23.3 Å². The van der Waals surface area contributed by atoms with Crippen molar-refractivity contribution in [1.82, 2.24) is 4.72 Å². The lowest BCUT2D eigenvalue weighted by Gasteiger charge is -2.07. The third kappa shape index (κ3) is 4.15. The maximum absolute atomic E-state index is 12.0. The van der Waals surface area contributed by atoms with Crippen LogP contribution in [0.4, 0.5) is 5.69 Å². The third-order valence-corrected chi connectivity index (χ3v) is 4.68. The number of sulfonamides is 1. The number of aliphatic carboxylic acids is 1. The second-order valence-electron chi connectivity index (χ2n) is 4.84. The molecule has 2 N–H and O–H groups in total. The van der Waals surface area contributed by atoms with Crippen LogP contribution in [0.3, 0.4) is 0 Å². The first-order valence-corrected chi connectivity index (χ1v) is 8.35. The van der Waals surface area contributed by atoms with Crippen molar-refractivity contribution in [2.75, 3.05) is 6.54 Å². The fourth-order valence-corrected chi connectivity index (χ4v) is 3.10. The minimum Gasteiger partial charge on any atom is -0.481 e. The minimum atomic E-state index is -3.83. The number of nitrogens with one attached hydrogen (secondary N) is 1. The number of nitro benzene ring substituents is 1. The largest absolute Gasteiger partial charge is 0.481 e. The van der Waals surface area contributed by atoms with E-state index in [1.54, 1.807) is 18.2 Å². The summed E-state index contributed by atoms with van der Waals surface area (Å²) in [5, 5.41) is 19.6. The normalized spacial score (nSPS) is 11.2. The van der Waals surface area contributed by atoms with Crippen molar-refractivity contribution in [2.24, 2.45) is 0 Å². The number of nitro groups is 1. The average molecular weight is 350 g/mol. The molecule has 0 radical (unpaired) electrons. The Morgan fingerprint density at radius 2 is 1.75 bits per heavy atom. The first-order valence-electron chi connectivity index (χ1n) is 6.86. The SMILES string of the molecule is O=C(O)CCNS(=O)(=O)c1ccc(-c2ccccc2[N+](=O)[O-])cc1. The minimum absolute atomic E-state index is 0.0461. The molecule has 24 heavy (non-hydrogen) atoms. The zero-order valence-electron chi connectivity index (χ0n) is 12.4. The maximum Gasteiger partial charge on any atom is 0.304 e. The Balaban J connectivity index is 2.25. The predicted molar refractivity (Wildman–Crippen MR) is 86.0 cm³/mol. The number of nitrogens with zero attached hydrogens (tertiary/aromatic N) is 1. The Morgan fingerprint density at radius 1 is 1.12 bits per heavy atom. The third-order valence-electron chi connectivity index (χ3n) is 3.21. The highest BCUT2D eigenvalue weighted by Crippen LogP contribution is 2.29. The molecule has 0 bridgehead atoms. The molecule has 0 aliphatic rings. The molecule has 2 aromatic carbocycles. The van der Waals surface area contributed by atoms with Gasteiger partial charge in [0.25, 0.3) is 5.69 Å². The first-order chi connectivity index (χ1) is 11.3. The van der Waals surface area contributed by atoms with Crippen molar-refractivity contribution in [2.45, 2.75) is 11.3 Å². The Morgan fingerprint density at radius 3 is 2.33 bits per heavy atom. The highest BCUT2D eigenvalue weighted by Gasteiger charge is 2.17.